The predicted octanol–water partition coefficient (Wildman–Crippen LogP) is 4.96. The minimum Gasteiger partial charge on any atom is -0.203 e. The van der Waals surface area contributed by atoms with Crippen LogP contribution in [-0.2, 0) is 6.42 Å². The molecule has 0 heterocycles. The minimum absolute atomic E-state index is 0.298. The van der Waals surface area contributed by atoms with Crippen molar-refractivity contribution in [1.82, 2.24) is 0 Å². The van der Waals surface area contributed by atoms with Crippen LogP contribution in [0.1, 0.15) is 12.5 Å². The van der Waals surface area contributed by atoms with Crippen LogP contribution in [0, 0.1) is 11.6 Å². The molecule has 3 heteroatoms. The molecule has 2 aromatic carbocycles. The van der Waals surface area contributed by atoms with Crippen molar-refractivity contribution in [2.45, 2.75) is 13.3 Å². The van der Waals surface area contributed by atoms with Gasteiger partial charge in [-0.1, -0.05) is 47.1 Å². The molecule has 0 N–H and O–H groups in total. The first-order valence-corrected chi connectivity index (χ1v) is 6.15. The predicted molar refractivity (Wildman–Crippen MR) is 68.9 cm³/mol. The second kappa shape index (κ2) is 4.96. The molecule has 0 radical (unpaired) electrons. The summed E-state index contributed by atoms with van der Waals surface area (Å²) in [5, 5.41) is 0. The van der Waals surface area contributed by atoms with Crippen LogP contribution < -0.4 is 0 Å². The van der Waals surface area contributed by atoms with Crippen LogP contribution in [0.4, 0.5) is 8.78 Å². The quantitative estimate of drug-likeness (QED) is 0.735. The van der Waals surface area contributed by atoms with E-state index in [2.05, 4.69) is 15.9 Å². The van der Waals surface area contributed by atoms with Crippen LogP contribution in [0.25, 0.3) is 11.1 Å². The fourth-order valence-electron chi connectivity index (χ4n) is 1.71. The van der Waals surface area contributed by atoms with E-state index in [-0.39, 0.29) is 0 Å². The summed E-state index contributed by atoms with van der Waals surface area (Å²) in [5.41, 5.74) is 1.38. The van der Waals surface area contributed by atoms with E-state index in [1.165, 1.54) is 0 Å². The largest absolute Gasteiger partial charge is 0.203 e. The van der Waals surface area contributed by atoms with E-state index >= 15 is 0 Å². The highest BCUT2D eigenvalue weighted by Gasteiger charge is 2.13. The number of hydrogen-bond donors (Lipinski definition) is 0. The Morgan fingerprint density at radius 2 is 1.59 bits per heavy atom. The maximum atomic E-state index is 13.8. The van der Waals surface area contributed by atoms with E-state index in [0.29, 0.717) is 23.1 Å². The average Bonchev–Trinajstić information content (AvgIpc) is 2.34. The first kappa shape index (κ1) is 12.2. The van der Waals surface area contributed by atoms with E-state index in [4.69, 9.17) is 0 Å². The van der Waals surface area contributed by atoms with Crippen molar-refractivity contribution in [2.75, 3.05) is 0 Å². The van der Waals surface area contributed by atoms with Gasteiger partial charge in [0.25, 0.3) is 0 Å². The van der Waals surface area contributed by atoms with Gasteiger partial charge in [-0.25, -0.2) is 8.78 Å². The van der Waals surface area contributed by atoms with E-state index in [9.17, 15) is 8.78 Å². The number of benzene rings is 2. The first-order chi connectivity index (χ1) is 8.13. The highest BCUT2D eigenvalue weighted by atomic mass is 79.9. The van der Waals surface area contributed by atoms with Crippen LogP contribution in [0.3, 0.4) is 0 Å². The van der Waals surface area contributed by atoms with Crippen molar-refractivity contribution in [1.29, 1.82) is 0 Å². The summed E-state index contributed by atoms with van der Waals surface area (Å²) in [7, 11) is 0. The van der Waals surface area contributed by atoms with Crippen molar-refractivity contribution >= 4 is 15.9 Å². The SMILES string of the molecule is CCc1ccc(-c2ccc(Br)cc2)c(F)c1F. The third-order valence-corrected chi connectivity index (χ3v) is 3.23. The standard InChI is InChI=1S/C14H11BrF2/c1-2-9-5-8-12(14(17)13(9)16)10-3-6-11(15)7-4-10/h3-8H,2H2,1H3. The van der Waals surface area contributed by atoms with E-state index in [1.807, 2.05) is 0 Å². The Kier molecular flexibility index (Phi) is 3.57. The summed E-state index contributed by atoms with van der Waals surface area (Å²) in [6.07, 6.45) is 0.489. The number of aryl methyl sites for hydroxylation is 1. The molecule has 0 amide bonds. The number of hydrogen-bond acceptors (Lipinski definition) is 0. The Bertz CT molecular complexity index is 533. The Hall–Kier alpha value is -1.22. The van der Waals surface area contributed by atoms with Gasteiger partial charge in [0.1, 0.15) is 0 Å². The van der Waals surface area contributed by atoms with Gasteiger partial charge < -0.3 is 0 Å². The molecule has 0 aliphatic heterocycles. The van der Waals surface area contributed by atoms with Gasteiger partial charge in [0.2, 0.25) is 0 Å². The van der Waals surface area contributed by atoms with Crippen molar-refractivity contribution in [3.05, 3.63) is 58.1 Å². The molecule has 0 aliphatic rings. The zero-order chi connectivity index (χ0) is 12.4. The van der Waals surface area contributed by atoms with Gasteiger partial charge in [-0.05, 0) is 29.7 Å². The van der Waals surface area contributed by atoms with Crippen LogP contribution >= 0.6 is 15.9 Å². The molecule has 17 heavy (non-hydrogen) atoms. The summed E-state index contributed by atoms with van der Waals surface area (Å²) in [4.78, 5) is 0. The molecular weight excluding hydrogens is 286 g/mol. The summed E-state index contributed by atoms with van der Waals surface area (Å²) >= 11 is 3.31. The fourth-order valence-corrected chi connectivity index (χ4v) is 1.98. The highest BCUT2D eigenvalue weighted by Crippen LogP contribution is 2.27. The minimum atomic E-state index is -0.772. The zero-order valence-electron chi connectivity index (χ0n) is 9.31. The molecule has 2 rings (SSSR count). The van der Waals surface area contributed by atoms with Crippen molar-refractivity contribution in [3.63, 3.8) is 0 Å². The molecule has 0 fully saturated rings. The number of halogens is 3. The smallest absolute Gasteiger partial charge is 0.166 e. The van der Waals surface area contributed by atoms with Crippen LogP contribution in [0.5, 0.6) is 0 Å². The summed E-state index contributed by atoms with van der Waals surface area (Å²) in [6.45, 7) is 1.80. The Morgan fingerprint density at radius 1 is 0.941 bits per heavy atom. The summed E-state index contributed by atoms with van der Waals surface area (Å²) in [5.74, 6) is -1.51. The molecule has 2 aromatic rings. The van der Waals surface area contributed by atoms with Crippen molar-refractivity contribution in [3.8, 4) is 11.1 Å². The summed E-state index contributed by atoms with van der Waals surface area (Å²) in [6, 6.07) is 10.4. The highest BCUT2D eigenvalue weighted by molar-refractivity contribution is 9.10. The van der Waals surface area contributed by atoms with Gasteiger partial charge in [-0.3, -0.25) is 0 Å². The van der Waals surface area contributed by atoms with Gasteiger partial charge in [0.15, 0.2) is 11.6 Å². The second-order valence-electron chi connectivity index (χ2n) is 3.76. The molecule has 0 spiro atoms. The molecule has 88 valence electrons. The molecule has 0 saturated carbocycles. The first-order valence-electron chi connectivity index (χ1n) is 5.36. The molecule has 0 aromatic heterocycles. The van der Waals surface area contributed by atoms with Crippen LogP contribution in [0.15, 0.2) is 40.9 Å². The lowest BCUT2D eigenvalue weighted by molar-refractivity contribution is 0.502. The molecule has 0 saturated heterocycles. The molecule has 0 atom stereocenters. The van der Waals surface area contributed by atoms with Gasteiger partial charge in [-0.15, -0.1) is 0 Å². The maximum Gasteiger partial charge on any atom is 0.166 e. The maximum absolute atomic E-state index is 13.8. The fraction of sp³-hybridized carbons (Fsp3) is 0.143. The Morgan fingerprint density at radius 3 is 2.18 bits per heavy atom. The Balaban J connectivity index is 2.53. The molecule has 0 nitrogen and oxygen atoms in total. The zero-order valence-corrected chi connectivity index (χ0v) is 10.9. The van der Waals surface area contributed by atoms with Gasteiger partial charge in [0, 0.05) is 10.0 Å². The lowest BCUT2D eigenvalue weighted by Crippen LogP contribution is -1.95. The average molecular weight is 297 g/mol. The van der Waals surface area contributed by atoms with Gasteiger partial charge >= 0.3 is 0 Å². The molecule has 0 unspecified atom stereocenters. The molecular formula is C14H11BrF2. The van der Waals surface area contributed by atoms with Gasteiger partial charge in [-0.2, -0.15) is 0 Å². The van der Waals surface area contributed by atoms with Crippen molar-refractivity contribution < 1.29 is 8.78 Å². The lowest BCUT2D eigenvalue weighted by atomic mass is 10.0. The molecule has 0 bridgehead atoms. The third-order valence-electron chi connectivity index (χ3n) is 2.70. The topological polar surface area (TPSA) is 0 Å². The monoisotopic (exact) mass is 296 g/mol. The van der Waals surface area contributed by atoms with Crippen LogP contribution in [0.2, 0.25) is 0 Å². The third kappa shape index (κ3) is 2.39. The van der Waals surface area contributed by atoms with Gasteiger partial charge in [0.05, 0.1) is 0 Å². The normalized spacial score (nSPS) is 10.6. The van der Waals surface area contributed by atoms with Crippen LogP contribution in [-0.4, -0.2) is 0 Å². The summed E-state index contributed by atoms with van der Waals surface area (Å²) < 4.78 is 28.4. The Labute approximate surface area is 107 Å². The number of rotatable bonds is 2. The van der Waals surface area contributed by atoms with E-state index in [1.54, 1.807) is 43.3 Å². The van der Waals surface area contributed by atoms with Crippen molar-refractivity contribution in [2.24, 2.45) is 0 Å². The van der Waals surface area contributed by atoms with E-state index in [0.717, 1.165) is 4.47 Å². The lowest BCUT2D eigenvalue weighted by Gasteiger charge is -2.07. The molecule has 0 aliphatic carbocycles. The van der Waals surface area contributed by atoms with E-state index < -0.39 is 11.6 Å². The second-order valence-corrected chi connectivity index (χ2v) is 4.68.